The van der Waals surface area contributed by atoms with Gasteiger partial charge in [-0.3, -0.25) is 0 Å². The second-order valence-electron chi connectivity index (χ2n) is 10.4. The van der Waals surface area contributed by atoms with Crippen LogP contribution in [0.3, 0.4) is 0 Å². The van der Waals surface area contributed by atoms with E-state index < -0.39 is 42.0 Å². The lowest BCUT2D eigenvalue weighted by atomic mass is 10.0. The highest BCUT2D eigenvalue weighted by Crippen LogP contribution is 2.14. The van der Waals surface area contributed by atoms with E-state index in [4.69, 9.17) is 10.2 Å². The number of carbonyl (C=O) groups excluding carboxylic acids is 1. The molecule has 2 N–H and O–H groups in total. The Morgan fingerprint density at radius 3 is 1.31 bits per heavy atom. The number of quaternary nitrogens is 1. The fraction of sp³-hybridized carbons (Fsp3) is 0.828. The summed E-state index contributed by atoms with van der Waals surface area (Å²) in [5.74, 6) is -3.86. The molecule has 210 valence electrons. The number of nitrogens with zero attached hydrogens (tertiary/aromatic N) is 1. The van der Waals surface area contributed by atoms with Crippen molar-refractivity contribution in [3.63, 3.8) is 0 Å². The molecule has 0 fully saturated rings. The third-order valence-corrected chi connectivity index (χ3v) is 6.80. The highest BCUT2D eigenvalue weighted by molar-refractivity contribution is 5.72. The van der Waals surface area contributed by atoms with Crippen LogP contribution in [0.1, 0.15) is 129 Å². The summed E-state index contributed by atoms with van der Waals surface area (Å²) in [6, 6.07) is 0. The highest BCUT2D eigenvalue weighted by atomic mass is 16.4. The zero-order chi connectivity index (χ0) is 26.9. The van der Waals surface area contributed by atoms with Crippen LogP contribution in [-0.2, 0) is 14.4 Å². The highest BCUT2D eigenvalue weighted by Gasteiger charge is 2.33. The molecule has 0 spiro atoms. The number of aliphatic carboxylic acids is 3. The van der Waals surface area contributed by atoms with Gasteiger partial charge in [0, 0.05) is 6.42 Å². The van der Waals surface area contributed by atoms with Crippen LogP contribution < -0.4 is 5.11 Å². The van der Waals surface area contributed by atoms with Crippen LogP contribution in [0.5, 0.6) is 0 Å². The number of carboxylic acid groups (broad SMARTS) is 3. The molecule has 0 atom stereocenters. The monoisotopic (exact) mass is 511 g/mol. The SMILES string of the molecule is CCCCCCCCCCCCCCCCCC/C=C/CCC[N+](CC(=O)[O-])(CC(=O)O)CC(=O)O. The van der Waals surface area contributed by atoms with E-state index in [1.54, 1.807) is 0 Å². The van der Waals surface area contributed by atoms with Crippen molar-refractivity contribution < 1.29 is 34.2 Å². The first kappa shape index (κ1) is 34.1. The van der Waals surface area contributed by atoms with Gasteiger partial charge in [0.05, 0.1) is 12.5 Å². The Morgan fingerprint density at radius 1 is 0.583 bits per heavy atom. The molecule has 36 heavy (non-hydrogen) atoms. The minimum atomic E-state index is -1.43. The summed E-state index contributed by atoms with van der Waals surface area (Å²) in [5.41, 5.74) is 0. The standard InChI is InChI=1S/C29H53NO6/c1-2-3-4-5-6-7-8-9-10-11-12-13-14-15-16-17-18-19-20-21-22-23-30(24-27(31)32,25-28(33)34)26-29(35)36/h19-20H,2-18,21-26H2,1H3,(H2-,31,32,33,34,35,36)/b20-19+. The van der Waals surface area contributed by atoms with Crippen LogP contribution in [0.4, 0.5) is 0 Å². The number of carboxylic acids is 3. The van der Waals surface area contributed by atoms with Gasteiger partial charge in [0.1, 0.15) is 6.54 Å². The second-order valence-corrected chi connectivity index (χ2v) is 10.4. The predicted molar refractivity (Wildman–Crippen MR) is 143 cm³/mol. The first-order valence-electron chi connectivity index (χ1n) is 14.4. The average Bonchev–Trinajstić information content (AvgIpc) is 2.78. The Kier molecular flexibility index (Phi) is 22.3. The van der Waals surface area contributed by atoms with Gasteiger partial charge in [0.2, 0.25) is 0 Å². The minimum absolute atomic E-state index is 0.177. The van der Waals surface area contributed by atoms with Crippen molar-refractivity contribution in [1.82, 2.24) is 0 Å². The molecule has 0 bridgehead atoms. The number of rotatable bonds is 27. The number of hydrogen-bond donors (Lipinski definition) is 2. The van der Waals surface area contributed by atoms with E-state index in [0.29, 0.717) is 12.8 Å². The topological polar surface area (TPSA) is 115 Å². The summed E-state index contributed by atoms with van der Waals surface area (Å²) in [4.78, 5) is 33.4. The summed E-state index contributed by atoms with van der Waals surface area (Å²) < 4.78 is -0.528. The predicted octanol–water partition coefficient (Wildman–Crippen LogP) is 5.71. The van der Waals surface area contributed by atoms with E-state index in [9.17, 15) is 19.5 Å². The van der Waals surface area contributed by atoms with Gasteiger partial charge in [-0.1, -0.05) is 115 Å². The number of allylic oxidation sites excluding steroid dienone is 2. The molecule has 0 aliphatic rings. The van der Waals surface area contributed by atoms with Gasteiger partial charge in [-0.2, -0.15) is 0 Å². The summed E-state index contributed by atoms with van der Waals surface area (Å²) in [6.45, 7) is 0.755. The molecule has 0 aromatic rings. The minimum Gasteiger partial charge on any atom is -0.544 e. The lowest BCUT2D eigenvalue weighted by molar-refractivity contribution is -0.909. The first-order valence-corrected chi connectivity index (χ1v) is 14.4. The maximum atomic E-state index is 11.2. The maximum absolute atomic E-state index is 11.2. The average molecular weight is 512 g/mol. The van der Waals surface area contributed by atoms with E-state index in [2.05, 4.69) is 13.0 Å². The number of unbranched alkanes of at least 4 members (excludes halogenated alkanes) is 17. The van der Waals surface area contributed by atoms with Crippen LogP contribution >= 0.6 is 0 Å². The molecular formula is C29H53NO6. The van der Waals surface area contributed by atoms with Crippen molar-refractivity contribution in [3.8, 4) is 0 Å². The van der Waals surface area contributed by atoms with Crippen molar-refractivity contribution in [2.45, 2.75) is 129 Å². The molecule has 0 aliphatic heterocycles. The van der Waals surface area contributed by atoms with E-state index in [0.717, 1.165) is 12.8 Å². The molecule has 7 nitrogen and oxygen atoms in total. The largest absolute Gasteiger partial charge is 0.544 e. The van der Waals surface area contributed by atoms with Crippen molar-refractivity contribution in [3.05, 3.63) is 12.2 Å². The lowest BCUT2D eigenvalue weighted by Gasteiger charge is -2.36. The Labute approximate surface area is 219 Å². The molecule has 0 aromatic carbocycles. The zero-order valence-electron chi connectivity index (χ0n) is 22.9. The van der Waals surface area contributed by atoms with Crippen LogP contribution in [0.2, 0.25) is 0 Å². The van der Waals surface area contributed by atoms with Gasteiger partial charge in [0.15, 0.2) is 13.1 Å². The molecular weight excluding hydrogens is 458 g/mol. The fourth-order valence-corrected chi connectivity index (χ4v) is 4.84. The number of hydrogen-bond acceptors (Lipinski definition) is 4. The zero-order valence-corrected chi connectivity index (χ0v) is 22.9. The van der Waals surface area contributed by atoms with Gasteiger partial charge in [-0.25, -0.2) is 9.59 Å². The number of carbonyl (C=O) groups is 3. The molecule has 0 heterocycles. The molecule has 0 aromatic heterocycles. The third-order valence-electron chi connectivity index (χ3n) is 6.80. The lowest BCUT2D eigenvalue weighted by Crippen LogP contribution is -2.59. The smallest absolute Gasteiger partial charge is 0.359 e. The molecule has 0 radical (unpaired) electrons. The maximum Gasteiger partial charge on any atom is 0.359 e. The Bertz CT molecular complexity index is 564. The Balaban J connectivity index is 3.72. The van der Waals surface area contributed by atoms with E-state index in [1.165, 1.54) is 96.3 Å². The van der Waals surface area contributed by atoms with Crippen LogP contribution in [-0.4, -0.2) is 58.8 Å². The summed E-state index contributed by atoms with van der Waals surface area (Å²) in [5, 5.41) is 29.3. The van der Waals surface area contributed by atoms with E-state index in [-0.39, 0.29) is 6.54 Å². The van der Waals surface area contributed by atoms with Gasteiger partial charge in [-0.05, 0) is 19.3 Å². The summed E-state index contributed by atoms with van der Waals surface area (Å²) in [7, 11) is 0. The Morgan fingerprint density at radius 2 is 0.944 bits per heavy atom. The van der Waals surface area contributed by atoms with Crippen LogP contribution in [0.25, 0.3) is 0 Å². The quantitative estimate of drug-likeness (QED) is 0.0829. The van der Waals surface area contributed by atoms with E-state index >= 15 is 0 Å². The normalized spacial score (nSPS) is 11.8. The van der Waals surface area contributed by atoms with Gasteiger partial charge in [0.25, 0.3) is 0 Å². The Hall–Kier alpha value is -1.89. The second kappa shape index (κ2) is 23.5. The van der Waals surface area contributed by atoms with Gasteiger partial charge < -0.3 is 24.6 Å². The van der Waals surface area contributed by atoms with E-state index in [1.807, 2.05) is 6.08 Å². The van der Waals surface area contributed by atoms with Crippen molar-refractivity contribution in [2.24, 2.45) is 0 Å². The van der Waals surface area contributed by atoms with Gasteiger partial charge >= 0.3 is 11.9 Å². The molecule has 7 heteroatoms. The van der Waals surface area contributed by atoms with Crippen LogP contribution in [0.15, 0.2) is 12.2 Å². The van der Waals surface area contributed by atoms with Crippen molar-refractivity contribution in [1.29, 1.82) is 0 Å². The van der Waals surface area contributed by atoms with Crippen molar-refractivity contribution >= 4 is 17.9 Å². The molecule has 0 aliphatic carbocycles. The molecule has 0 rings (SSSR count). The molecule has 0 unspecified atom stereocenters. The van der Waals surface area contributed by atoms with Gasteiger partial charge in [-0.15, -0.1) is 0 Å². The fourth-order valence-electron chi connectivity index (χ4n) is 4.84. The molecule has 0 amide bonds. The van der Waals surface area contributed by atoms with Crippen LogP contribution in [0, 0.1) is 0 Å². The first-order chi connectivity index (χ1) is 17.3. The van der Waals surface area contributed by atoms with Crippen molar-refractivity contribution in [2.75, 3.05) is 26.2 Å². The molecule has 0 saturated heterocycles. The third kappa shape index (κ3) is 22.6. The summed E-state index contributed by atoms with van der Waals surface area (Å²) >= 11 is 0. The summed E-state index contributed by atoms with van der Waals surface area (Å²) in [6.07, 6.45) is 28.0. The molecule has 0 saturated carbocycles.